The molecule has 0 spiro atoms. The molecule has 0 saturated carbocycles. The Morgan fingerprint density at radius 1 is 0.490 bits per heavy atom. The van der Waals surface area contributed by atoms with Gasteiger partial charge in [0.05, 0.1) is 22.7 Å². The summed E-state index contributed by atoms with van der Waals surface area (Å²) in [5, 5.41) is 0. The second-order valence-corrected chi connectivity index (χ2v) is 13.5. The molecule has 0 radical (unpaired) electrons. The molecule has 0 N–H and O–H groups in total. The zero-order valence-corrected chi connectivity index (χ0v) is 27.9. The van der Waals surface area contributed by atoms with Gasteiger partial charge in [0.25, 0.3) is 0 Å². The summed E-state index contributed by atoms with van der Waals surface area (Å²) in [5.41, 5.74) is 14.9. The Balaban J connectivity index is 1.27. The fraction of sp³-hybridized carbons (Fsp3) is 0.0870. The Bertz CT molecular complexity index is 2240. The van der Waals surface area contributed by atoms with E-state index in [1.807, 2.05) is 0 Å². The molecular weight excluding hydrogens is 597 g/mol. The summed E-state index contributed by atoms with van der Waals surface area (Å²) in [6, 6.07) is 58.7. The molecule has 0 amide bonds. The van der Waals surface area contributed by atoms with Gasteiger partial charge in [0.15, 0.2) is 11.5 Å². The highest BCUT2D eigenvalue weighted by atomic mass is 16.5. The SMILES string of the molecule is Cc1cccc2c1N1c3cccc(N(c4ccc(-c5ccccc5)cc4)c4ccc(-c5ccccc5)cc4)c3C(C)(C)c3cccc(c31)O2. The number of ether oxygens (including phenoxy) is 1. The molecule has 3 heteroatoms. The minimum Gasteiger partial charge on any atom is -0.453 e. The van der Waals surface area contributed by atoms with Gasteiger partial charge in [-0.25, -0.2) is 0 Å². The quantitative estimate of drug-likeness (QED) is 0.188. The molecule has 2 aliphatic heterocycles. The van der Waals surface area contributed by atoms with Crippen molar-refractivity contribution in [3.8, 4) is 33.8 Å². The van der Waals surface area contributed by atoms with Crippen molar-refractivity contribution < 1.29 is 4.74 Å². The Kier molecular flexibility index (Phi) is 6.70. The summed E-state index contributed by atoms with van der Waals surface area (Å²) in [6.07, 6.45) is 0. The maximum absolute atomic E-state index is 6.57. The lowest BCUT2D eigenvalue weighted by atomic mass is 9.72. The van der Waals surface area contributed by atoms with Crippen LogP contribution in [0.5, 0.6) is 11.5 Å². The molecule has 0 saturated heterocycles. The first kappa shape index (κ1) is 29.1. The zero-order chi connectivity index (χ0) is 33.1. The van der Waals surface area contributed by atoms with Crippen molar-refractivity contribution in [3.05, 3.63) is 180 Å². The number of benzene rings is 7. The normalized spacial score (nSPS) is 13.5. The molecule has 0 fully saturated rings. The predicted molar refractivity (Wildman–Crippen MR) is 204 cm³/mol. The third kappa shape index (κ3) is 4.65. The first-order chi connectivity index (χ1) is 24.0. The molecular formula is C46H36N2O. The summed E-state index contributed by atoms with van der Waals surface area (Å²) >= 11 is 0. The van der Waals surface area contributed by atoms with Crippen LogP contribution < -0.4 is 14.5 Å². The molecule has 2 aliphatic rings. The molecule has 0 bridgehead atoms. The lowest BCUT2D eigenvalue weighted by Crippen LogP contribution is -2.34. The van der Waals surface area contributed by atoms with Crippen LogP contribution in [0.3, 0.4) is 0 Å². The van der Waals surface area contributed by atoms with E-state index in [0.717, 1.165) is 39.9 Å². The molecule has 9 rings (SSSR count). The lowest BCUT2D eigenvalue weighted by molar-refractivity contribution is 0.471. The molecule has 49 heavy (non-hydrogen) atoms. The molecule has 236 valence electrons. The maximum Gasteiger partial charge on any atom is 0.151 e. The highest BCUT2D eigenvalue weighted by Crippen LogP contribution is 2.62. The minimum absolute atomic E-state index is 0.330. The first-order valence-corrected chi connectivity index (χ1v) is 16.9. The van der Waals surface area contributed by atoms with Crippen molar-refractivity contribution in [2.24, 2.45) is 0 Å². The first-order valence-electron chi connectivity index (χ1n) is 16.9. The van der Waals surface area contributed by atoms with Crippen molar-refractivity contribution in [1.29, 1.82) is 0 Å². The van der Waals surface area contributed by atoms with Gasteiger partial charge in [0.1, 0.15) is 0 Å². The fourth-order valence-electron chi connectivity index (χ4n) is 7.78. The molecule has 7 aromatic carbocycles. The third-order valence-corrected chi connectivity index (χ3v) is 10.1. The van der Waals surface area contributed by atoms with Crippen LogP contribution in [0.2, 0.25) is 0 Å². The molecule has 0 atom stereocenters. The summed E-state index contributed by atoms with van der Waals surface area (Å²) in [6.45, 7) is 6.88. The topological polar surface area (TPSA) is 15.7 Å². The van der Waals surface area contributed by atoms with Crippen LogP contribution in [0.15, 0.2) is 164 Å². The van der Waals surface area contributed by atoms with E-state index in [0.29, 0.717) is 0 Å². The number of nitrogens with zero attached hydrogens (tertiary/aromatic N) is 2. The Hall–Kier alpha value is -6.06. The van der Waals surface area contributed by atoms with Crippen LogP contribution >= 0.6 is 0 Å². The average Bonchev–Trinajstić information content (AvgIpc) is 3.15. The van der Waals surface area contributed by atoms with Crippen LogP contribution in [0.1, 0.15) is 30.5 Å². The van der Waals surface area contributed by atoms with Crippen molar-refractivity contribution in [2.45, 2.75) is 26.2 Å². The highest BCUT2D eigenvalue weighted by molar-refractivity contribution is 5.97. The van der Waals surface area contributed by atoms with E-state index in [1.54, 1.807) is 0 Å². The van der Waals surface area contributed by atoms with E-state index in [4.69, 9.17) is 4.74 Å². The van der Waals surface area contributed by atoms with E-state index in [1.165, 1.54) is 44.6 Å². The fourth-order valence-corrected chi connectivity index (χ4v) is 7.78. The molecule has 7 aromatic rings. The molecule has 0 aromatic heterocycles. The van der Waals surface area contributed by atoms with Gasteiger partial charge in [-0.15, -0.1) is 0 Å². The van der Waals surface area contributed by atoms with Gasteiger partial charge in [-0.3, -0.25) is 0 Å². The number of para-hydroxylation sites is 2. The summed E-state index contributed by atoms with van der Waals surface area (Å²) in [5.74, 6) is 1.77. The van der Waals surface area contributed by atoms with Crippen LogP contribution in [0, 0.1) is 6.92 Å². The van der Waals surface area contributed by atoms with E-state index >= 15 is 0 Å². The van der Waals surface area contributed by atoms with Crippen molar-refractivity contribution in [2.75, 3.05) is 9.80 Å². The Morgan fingerprint density at radius 2 is 1.00 bits per heavy atom. The zero-order valence-electron chi connectivity index (χ0n) is 27.9. The number of rotatable bonds is 5. The van der Waals surface area contributed by atoms with Crippen LogP contribution in [0.25, 0.3) is 22.3 Å². The van der Waals surface area contributed by atoms with Crippen LogP contribution in [-0.2, 0) is 5.41 Å². The smallest absolute Gasteiger partial charge is 0.151 e. The summed E-state index contributed by atoms with van der Waals surface area (Å²) in [4.78, 5) is 4.87. The Morgan fingerprint density at radius 3 is 1.59 bits per heavy atom. The van der Waals surface area contributed by atoms with Crippen molar-refractivity contribution in [1.82, 2.24) is 0 Å². The molecule has 0 aliphatic carbocycles. The largest absolute Gasteiger partial charge is 0.453 e. The van der Waals surface area contributed by atoms with Gasteiger partial charge in [-0.2, -0.15) is 0 Å². The van der Waals surface area contributed by atoms with Gasteiger partial charge in [-0.05, 0) is 88.8 Å². The summed E-state index contributed by atoms with van der Waals surface area (Å²) < 4.78 is 6.57. The number of hydrogen-bond acceptors (Lipinski definition) is 3. The van der Waals surface area contributed by atoms with E-state index in [9.17, 15) is 0 Å². The van der Waals surface area contributed by atoms with Gasteiger partial charge in [0, 0.05) is 22.4 Å². The second-order valence-electron chi connectivity index (χ2n) is 13.5. The molecule has 3 nitrogen and oxygen atoms in total. The van der Waals surface area contributed by atoms with Crippen LogP contribution in [-0.4, -0.2) is 0 Å². The second kappa shape index (κ2) is 11.3. The van der Waals surface area contributed by atoms with Gasteiger partial charge >= 0.3 is 0 Å². The van der Waals surface area contributed by atoms with E-state index in [2.05, 4.69) is 194 Å². The van der Waals surface area contributed by atoms with Gasteiger partial charge in [-0.1, -0.05) is 129 Å². The van der Waals surface area contributed by atoms with Crippen molar-refractivity contribution in [3.63, 3.8) is 0 Å². The van der Waals surface area contributed by atoms with E-state index in [-0.39, 0.29) is 5.41 Å². The monoisotopic (exact) mass is 632 g/mol. The molecule has 2 heterocycles. The Labute approximate surface area is 288 Å². The number of fused-ring (bicyclic) bond motifs is 4. The van der Waals surface area contributed by atoms with Crippen molar-refractivity contribution >= 4 is 34.1 Å². The standard InChI is InChI=1S/C46H36N2O/c1-31-13-10-21-41-44(31)48-40-20-12-19-39(43(40)46(2,3)38-18-11-22-42(49-41)45(38)48)47(36-27-23-34(24-28-36)32-14-6-4-7-15-32)37-29-25-35(26-30-37)33-16-8-5-9-17-33/h4-30H,1-3H3. The number of anilines is 6. The summed E-state index contributed by atoms with van der Waals surface area (Å²) in [7, 11) is 0. The highest BCUT2D eigenvalue weighted by Gasteiger charge is 2.44. The predicted octanol–water partition coefficient (Wildman–Crippen LogP) is 13.0. The van der Waals surface area contributed by atoms with Crippen LogP contribution in [0.4, 0.5) is 34.1 Å². The lowest BCUT2D eigenvalue weighted by Gasteiger charge is -2.47. The van der Waals surface area contributed by atoms with Gasteiger partial charge in [0.2, 0.25) is 0 Å². The van der Waals surface area contributed by atoms with Gasteiger partial charge < -0.3 is 14.5 Å². The number of hydrogen-bond donors (Lipinski definition) is 0. The molecule has 0 unspecified atom stereocenters. The average molecular weight is 633 g/mol. The number of aryl methyl sites for hydroxylation is 1. The maximum atomic E-state index is 6.57. The van der Waals surface area contributed by atoms with E-state index < -0.39 is 0 Å². The minimum atomic E-state index is -0.330. The third-order valence-electron chi connectivity index (χ3n) is 10.1.